The molecule has 0 atom stereocenters. The summed E-state index contributed by atoms with van der Waals surface area (Å²) in [4.78, 5) is 11.7. The number of aliphatic hydroxyl groups is 1. The van der Waals surface area contributed by atoms with Gasteiger partial charge < -0.3 is 15.2 Å². The predicted molar refractivity (Wildman–Crippen MR) is 80.9 cm³/mol. The molecule has 0 heterocycles. The summed E-state index contributed by atoms with van der Waals surface area (Å²) in [5.74, 6) is 0.512. The van der Waals surface area contributed by atoms with Crippen LogP contribution in [0.3, 0.4) is 0 Å². The van der Waals surface area contributed by atoms with Crippen LogP contribution in [0.25, 0.3) is 0 Å². The van der Waals surface area contributed by atoms with E-state index in [0.717, 1.165) is 16.7 Å². The van der Waals surface area contributed by atoms with Gasteiger partial charge in [-0.25, -0.2) is 0 Å². The lowest BCUT2D eigenvalue weighted by Crippen LogP contribution is -2.28. The third-order valence-corrected chi connectivity index (χ3v) is 3.02. The van der Waals surface area contributed by atoms with E-state index in [4.69, 9.17) is 9.84 Å². The third kappa shape index (κ3) is 4.93. The molecule has 0 radical (unpaired) electrons. The lowest BCUT2D eigenvalue weighted by Gasteiger charge is -2.08. The first kappa shape index (κ1) is 15.1. The minimum Gasteiger partial charge on any atom is -0.484 e. The van der Waals surface area contributed by atoms with Crippen LogP contribution < -0.4 is 10.1 Å². The van der Waals surface area contributed by atoms with Crippen LogP contribution in [0.5, 0.6) is 5.75 Å². The normalized spacial score (nSPS) is 10.2. The largest absolute Gasteiger partial charge is 0.484 e. The van der Waals surface area contributed by atoms with Gasteiger partial charge in [0.25, 0.3) is 5.91 Å². The molecule has 0 aliphatic rings. The summed E-state index contributed by atoms with van der Waals surface area (Å²) in [5.41, 5.74) is 2.87. The molecular formula is C17H19NO3. The van der Waals surface area contributed by atoms with E-state index in [-0.39, 0.29) is 19.1 Å². The highest BCUT2D eigenvalue weighted by Gasteiger charge is 2.03. The van der Waals surface area contributed by atoms with Crippen molar-refractivity contribution in [3.63, 3.8) is 0 Å². The van der Waals surface area contributed by atoms with Crippen LogP contribution in [0, 0.1) is 6.92 Å². The van der Waals surface area contributed by atoms with E-state index in [1.807, 2.05) is 55.5 Å². The van der Waals surface area contributed by atoms with E-state index in [1.54, 1.807) is 0 Å². The van der Waals surface area contributed by atoms with Crippen molar-refractivity contribution in [3.8, 4) is 5.75 Å². The number of benzene rings is 2. The Morgan fingerprint density at radius 1 is 1.14 bits per heavy atom. The maximum atomic E-state index is 11.7. The van der Waals surface area contributed by atoms with Crippen LogP contribution in [-0.2, 0) is 17.9 Å². The molecule has 0 saturated carbocycles. The molecule has 0 aliphatic heterocycles. The Bertz CT molecular complexity index is 610. The Balaban J connectivity index is 1.79. The molecule has 0 bridgehead atoms. The van der Waals surface area contributed by atoms with Crippen molar-refractivity contribution < 1.29 is 14.6 Å². The molecule has 110 valence electrons. The molecule has 0 saturated heterocycles. The van der Waals surface area contributed by atoms with Gasteiger partial charge >= 0.3 is 0 Å². The SMILES string of the molecule is Cc1cccc(OCC(=O)NCc2cccc(CO)c2)c1. The standard InChI is InChI=1S/C17H19NO3/c1-13-4-2-7-16(8-13)21-12-17(20)18-10-14-5-3-6-15(9-14)11-19/h2-9,19H,10-12H2,1H3,(H,18,20). The predicted octanol–water partition coefficient (Wildman–Crippen LogP) is 2.18. The smallest absolute Gasteiger partial charge is 0.258 e. The average Bonchev–Trinajstić information content (AvgIpc) is 2.51. The Hall–Kier alpha value is -2.33. The van der Waals surface area contributed by atoms with Gasteiger partial charge in [-0.2, -0.15) is 0 Å². The van der Waals surface area contributed by atoms with Crippen LogP contribution in [0.1, 0.15) is 16.7 Å². The molecule has 0 aliphatic carbocycles. The van der Waals surface area contributed by atoms with Gasteiger partial charge in [0.15, 0.2) is 6.61 Å². The summed E-state index contributed by atoms with van der Waals surface area (Å²) in [6, 6.07) is 15.0. The molecule has 0 spiro atoms. The fraction of sp³-hybridized carbons (Fsp3) is 0.235. The van der Waals surface area contributed by atoms with E-state index >= 15 is 0 Å². The summed E-state index contributed by atoms with van der Waals surface area (Å²) in [5, 5.41) is 11.9. The van der Waals surface area contributed by atoms with E-state index in [0.29, 0.717) is 12.3 Å². The summed E-state index contributed by atoms with van der Waals surface area (Å²) >= 11 is 0. The fourth-order valence-electron chi connectivity index (χ4n) is 1.94. The first-order valence-electron chi connectivity index (χ1n) is 6.82. The zero-order valence-corrected chi connectivity index (χ0v) is 12.0. The molecule has 4 nitrogen and oxygen atoms in total. The lowest BCUT2D eigenvalue weighted by atomic mass is 10.1. The molecule has 21 heavy (non-hydrogen) atoms. The molecule has 1 amide bonds. The van der Waals surface area contributed by atoms with Gasteiger partial charge in [-0.1, -0.05) is 36.4 Å². The van der Waals surface area contributed by atoms with Crippen molar-refractivity contribution in [1.82, 2.24) is 5.32 Å². The fourth-order valence-corrected chi connectivity index (χ4v) is 1.94. The first-order chi connectivity index (χ1) is 10.2. The van der Waals surface area contributed by atoms with Crippen molar-refractivity contribution >= 4 is 5.91 Å². The van der Waals surface area contributed by atoms with Gasteiger partial charge in [-0.05, 0) is 35.7 Å². The van der Waals surface area contributed by atoms with Crippen molar-refractivity contribution in [2.24, 2.45) is 0 Å². The van der Waals surface area contributed by atoms with Crippen LogP contribution in [0.4, 0.5) is 0 Å². The quantitative estimate of drug-likeness (QED) is 0.855. The zero-order chi connectivity index (χ0) is 15.1. The number of carbonyl (C=O) groups excluding carboxylic acids is 1. The van der Waals surface area contributed by atoms with Crippen molar-refractivity contribution in [3.05, 3.63) is 65.2 Å². The summed E-state index contributed by atoms with van der Waals surface area (Å²) in [6.07, 6.45) is 0. The molecule has 2 N–H and O–H groups in total. The zero-order valence-electron chi connectivity index (χ0n) is 12.0. The maximum absolute atomic E-state index is 11.7. The van der Waals surface area contributed by atoms with Crippen molar-refractivity contribution in [1.29, 1.82) is 0 Å². The van der Waals surface area contributed by atoms with Gasteiger partial charge in [0.05, 0.1) is 6.61 Å². The second-order valence-corrected chi connectivity index (χ2v) is 4.86. The van der Waals surface area contributed by atoms with E-state index < -0.39 is 0 Å². The molecule has 0 aromatic heterocycles. The topological polar surface area (TPSA) is 58.6 Å². The molecule has 0 unspecified atom stereocenters. The second-order valence-electron chi connectivity index (χ2n) is 4.86. The highest BCUT2D eigenvalue weighted by molar-refractivity contribution is 5.77. The van der Waals surface area contributed by atoms with Crippen LogP contribution in [0.15, 0.2) is 48.5 Å². The summed E-state index contributed by atoms with van der Waals surface area (Å²) in [6.45, 7) is 2.38. The Kier molecular flexibility index (Phi) is 5.35. The molecule has 2 aromatic rings. The molecule has 4 heteroatoms. The second kappa shape index (κ2) is 7.45. The molecule has 2 rings (SSSR count). The maximum Gasteiger partial charge on any atom is 0.258 e. The third-order valence-electron chi connectivity index (χ3n) is 3.02. The van der Waals surface area contributed by atoms with Crippen LogP contribution in [-0.4, -0.2) is 17.6 Å². The number of amides is 1. The van der Waals surface area contributed by atoms with Gasteiger partial charge in [-0.3, -0.25) is 4.79 Å². The molecule has 2 aromatic carbocycles. The van der Waals surface area contributed by atoms with Crippen LogP contribution >= 0.6 is 0 Å². The van der Waals surface area contributed by atoms with E-state index in [9.17, 15) is 4.79 Å². The highest BCUT2D eigenvalue weighted by atomic mass is 16.5. The molecular weight excluding hydrogens is 266 g/mol. The average molecular weight is 285 g/mol. The van der Waals surface area contributed by atoms with E-state index in [2.05, 4.69) is 5.32 Å². The summed E-state index contributed by atoms with van der Waals surface area (Å²) < 4.78 is 5.43. The number of rotatable bonds is 6. The number of nitrogens with one attached hydrogen (secondary N) is 1. The number of ether oxygens (including phenoxy) is 1. The summed E-state index contributed by atoms with van der Waals surface area (Å²) in [7, 11) is 0. The number of carbonyl (C=O) groups is 1. The number of aryl methyl sites for hydroxylation is 1. The number of aliphatic hydroxyl groups excluding tert-OH is 1. The van der Waals surface area contributed by atoms with Crippen molar-refractivity contribution in [2.45, 2.75) is 20.1 Å². The Labute approximate surface area is 124 Å². The highest BCUT2D eigenvalue weighted by Crippen LogP contribution is 2.12. The minimum atomic E-state index is -0.175. The molecule has 0 fully saturated rings. The van der Waals surface area contributed by atoms with Crippen molar-refractivity contribution in [2.75, 3.05) is 6.61 Å². The Morgan fingerprint density at radius 2 is 1.90 bits per heavy atom. The minimum absolute atomic E-state index is 0.00173. The van der Waals surface area contributed by atoms with Gasteiger partial charge in [-0.15, -0.1) is 0 Å². The monoisotopic (exact) mass is 285 g/mol. The van der Waals surface area contributed by atoms with Gasteiger partial charge in [0.2, 0.25) is 0 Å². The number of hydrogen-bond acceptors (Lipinski definition) is 3. The van der Waals surface area contributed by atoms with E-state index in [1.165, 1.54) is 0 Å². The van der Waals surface area contributed by atoms with Crippen LogP contribution in [0.2, 0.25) is 0 Å². The lowest BCUT2D eigenvalue weighted by molar-refractivity contribution is -0.123. The van der Waals surface area contributed by atoms with Gasteiger partial charge in [0, 0.05) is 6.54 Å². The Morgan fingerprint density at radius 3 is 2.67 bits per heavy atom. The number of hydrogen-bond donors (Lipinski definition) is 2. The first-order valence-corrected chi connectivity index (χ1v) is 6.82. The van der Waals surface area contributed by atoms with Gasteiger partial charge in [0.1, 0.15) is 5.75 Å².